The number of aliphatic hydroxyl groups excluding tert-OH is 1. The van der Waals surface area contributed by atoms with Gasteiger partial charge in [-0.05, 0) is 23.6 Å². The Balaban J connectivity index is 2.83. The van der Waals surface area contributed by atoms with E-state index in [2.05, 4.69) is 0 Å². The Morgan fingerprint density at radius 2 is 1.88 bits per heavy atom. The topological polar surface area (TPSA) is 87.0 Å². The second-order valence-corrected chi connectivity index (χ2v) is 3.78. The first-order chi connectivity index (χ1) is 8.02. The number of ether oxygens (including phenoxy) is 1. The number of rotatable bonds is 6. The molecule has 0 fully saturated rings. The molecule has 0 amide bonds. The normalized spacial score (nSPS) is 12.5. The number of methoxy groups -OCH3 is 1. The van der Waals surface area contributed by atoms with E-state index in [9.17, 15) is 4.79 Å². The van der Waals surface area contributed by atoms with E-state index in [0.29, 0.717) is 5.75 Å². The maximum atomic E-state index is 10.7. The van der Waals surface area contributed by atoms with E-state index in [4.69, 9.17) is 20.1 Å². The summed E-state index contributed by atoms with van der Waals surface area (Å²) < 4.78 is 5.00. The Labute approximate surface area is 99.3 Å². The number of hydrogen-bond acceptors (Lipinski definition) is 4. The molecule has 0 aromatic heterocycles. The van der Waals surface area contributed by atoms with Crippen molar-refractivity contribution in [2.75, 3.05) is 7.11 Å². The zero-order valence-electron chi connectivity index (χ0n) is 9.54. The first-order valence-corrected chi connectivity index (χ1v) is 5.24. The molecule has 1 aromatic rings. The van der Waals surface area contributed by atoms with Crippen LogP contribution in [0.3, 0.4) is 0 Å². The van der Waals surface area contributed by atoms with Gasteiger partial charge in [-0.25, -0.2) is 0 Å². The molecule has 17 heavy (non-hydrogen) atoms. The summed E-state index contributed by atoms with van der Waals surface area (Å²) in [7, 11) is 1.54. The molecule has 3 N–H and O–H groups in total. The van der Waals surface area contributed by atoms with Crippen molar-refractivity contribution < 1.29 is 24.9 Å². The fraction of sp³-hybridized carbons (Fsp3) is 0.417. The second kappa shape index (κ2) is 6.22. The van der Waals surface area contributed by atoms with Crippen molar-refractivity contribution in [2.45, 2.75) is 25.0 Å². The van der Waals surface area contributed by atoms with E-state index in [1.54, 1.807) is 31.4 Å². The van der Waals surface area contributed by atoms with Gasteiger partial charge in [0.1, 0.15) is 5.75 Å². The molecule has 0 aliphatic heterocycles. The quantitative estimate of drug-likeness (QED) is 0.644. The number of carbonyl (C=O) groups is 1. The van der Waals surface area contributed by atoms with Gasteiger partial charge in [-0.2, -0.15) is 0 Å². The first kappa shape index (κ1) is 13.5. The van der Waals surface area contributed by atoms with Gasteiger partial charge >= 0.3 is 5.97 Å². The van der Waals surface area contributed by atoms with E-state index in [0.717, 1.165) is 5.56 Å². The van der Waals surface area contributed by atoms with E-state index in [1.165, 1.54) is 0 Å². The number of hydrogen-bond donors (Lipinski definition) is 3. The van der Waals surface area contributed by atoms with Gasteiger partial charge in [0, 0.05) is 6.42 Å². The van der Waals surface area contributed by atoms with Crippen LogP contribution in [0.15, 0.2) is 24.3 Å². The van der Waals surface area contributed by atoms with Crippen LogP contribution in [0.5, 0.6) is 5.75 Å². The molecule has 0 bridgehead atoms. The molecular weight excluding hydrogens is 224 g/mol. The third kappa shape index (κ3) is 4.42. The molecule has 5 nitrogen and oxygen atoms in total. The number of benzene rings is 1. The first-order valence-electron chi connectivity index (χ1n) is 5.24. The lowest BCUT2D eigenvalue weighted by Crippen LogP contribution is -2.14. The Morgan fingerprint density at radius 1 is 1.29 bits per heavy atom. The summed E-state index contributed by atoms with van der Waals surface area (Å²) in [4.78, 5) is 10.7. The molecular formula is C12H16O5. The number of carboxylic acids is 1. The van der Waals surface area contributed by atoms with Crippen LogP contribution in [0.25, 0.3) is 0 Å². The highest BCUT2D eigenvalue weighted by atomic mass is 16.5. The third-order valence-electron chi connectivity index (χ3n) is 2.50. The number of aliphatic carboxylic acids is 1. The lowest BCUT2D eigenvalue weighted by molar-refractivity contribution is -0.138. The minimum Gasteiger partial charge on any atom is -0.497 e. The molecule has 1 unspecified atom stereocenters. The van der Waals surface area contributed by atoms with Crippen LogP contribution in [0, 0.1) is 0 Å². The zero-order valence-corrected chi connectivity index (χ0v) is 9.54. The van der Waals surface area contributed by atoms with Crippen molar-refractivity contribution in [3.63, 3.8) is 0 Å². The van der Waals surface area contributed by atoms with Crippen LogP contribution in [0.4, 0.5) is 0 Å². The minimum absolute atomic E-state index is 0.00136. The van der Waals surface area contributed by atoms with Crippen molar-refractivity contribution in [1.82, 2.24) is 0 Å². The monoisotopic (exact) mass is 240 g/mol. The molecule has 1 atom stereocenters. The second-order valence-electron chi connectivity index (χ2n) is 3.78. The summed E-state index contributed by atoms with van der Waals surface area (Å²) in [5.74, 6) is -0.711. The maximum absolute atomic E-state index is 10.7. The molecule has 0 heterocycles. The van der Waals surface area contributed by atoms with Crippen molar-refractivity contribution in [2.24, 2.45) is 0 Å². The SMILES string of the molecule is COc1ccc(C(CC(=O)O)CC(O)O)cc1. The zero-order chi connectivity index (χ0) is 12.8. The van der Waals surface area contributed by atoms with Gasteiger partial charge < -0.3 is 20.1 Å². The van der Waals surface area contributed by atoms with Crippen molar-refractivity contribution in [3.8, 4) is 5.75 Å². The van der Waals surface area contributed by atoms with E-state index in [1.807, 2.05) is 0 Å². The van der Waals surface area contributed by atoms with Crippen molar-refractivity contribution in [1.29, 1.82) is 0 Å². The summed E-state index contributed by atoms with van der Waals surface area (Å²) >= 11 is 0. The minimum atomic E-state index is -1.51. The molecule has 0 saturated carbocycles. The van der Waals surface area contributed by atoms with Crippen LogP contribution in [0.1, 0.15) is 24.3 Å². The highest BCUT2D eigenvalue weighted by Crippen LogP contribution is 2.26. The Kier molecular flexibility index (Phi) is 4.93. The van der Waals surface area contributed by atoms with Gasteiger partial charge in [0.05, 0.1) is 13.5 Å². The molecule has 0 aliphatic carbocycles. The van der Waals surface area contributed by atoms with Gasteiger partial charge in [0.2, 0.25) is 0 Å². The molecule has 1 rings (SSSR count). The fourth-order valence-electron chi connectivity index (χ4n) is 1.68. The van der Waals surface area contributed by atoms with Crippen LogP contribution in [-0.4, -0.2) is 34.7 Å². The Morgan fingerprint density at radius 3 is 2.29 bits per heavy atom. The molecule has 0 saturated heterocycles. The van der Waals surface area contributed by atoms with E-state index in [-0.39, 0.29) is 12.8 Å². The van der Waals surface area contributed by atoms with Gasteiger partial charge in [0.25, 0.3) is 0 Å². The van der Waals surface area contributed by atoms with Crippen LogP contribution >= 0.6 is 0 Å². The summed E-state index contributed by atoms with van der Waals surface area (Å²) in [6.07, 6.45) is -1.65. The number of carboxylic acid groups (broad SMARTS) is 1. The molecule has 5 heteroatoms. The third-order valence-corrected chi connectivity index (χ3v) is 2.50. The summed E-state index contributed by atoms with van der Waals surface area (Å²) in [5, 5.41) is 26.6. The summed E-state index contributed by atoms with van der Waals surface area (Å²) in [5.41, 5.74) is 0.751. The van der Waals surface area contributed by atoms with E-state index >= 15 is 0 Å². The Hall–Kier alpha value is -1.59. The lowest BCUT2D eigenvalue weighted by atomic mass is 9.92. The molecule has 0 spiro atoms. The molecule has 1 aromatic carbocycles. The number of aliphatic hydroxyl groups is 2. The van der Waals surface area contributed by atoms with Crippen LogP contribution in [-0.2, 0) is 4.79 Å². The smallest absolute Gasteiger partial charge is 0.303 e. The standard InChI is InChI=1S/C12H16O5/c1-17-10-4-2-8(3-5-10)9(6-11(13)14)7-12(15)16/h2-5,9,11,13-14H,6-7H2,1H3,(H,15,16). The van der Waals surface area contributed by atoms with Gasteiger partial charge in [-0.3, -0.25) is 4.79 Å². The largest absolute Gasteiger partial charge is 0.497 e. The average molecular weight is 240 g/mol. The van der Waals surface area contributed by atoms with Gasteiger partial charge in [-0.1, -0.05) is 12.1 Å². The summed E-state index contributed by atoms with van der Waals surface area (Å²) in [6.45, 7) is 0. The molecule has 0 radical (unpaired) electrons. The predicted octanol–water partition coefficient (Wildman–Crippen LogP) is 0.954. The highest BCUT2D eigenvalue weighted by molar-refractivity contribution is 5.68. The van der Waals surface area contributed by atoms with Crippen LogP contribution < -0.4 is 4.74 Å². The van der Waals surface area contributed by atoms with Crippen LogP contribution in [0.2, 0.25) is 0 Å². The molecule has 0 aliphatic rings. The maximum Gasteiger partial charge on any atom is 0.303 e. The average Bonchev–Trinajstić information content (AvgIpc) is 2.27. The van der Waals surface area contributed by atoms with Crippen molar-refractivity contribution >= 4 is 5.97 Å². The Bertz CT molecular complexity index is 358. The highest BCUT2D eigenvalue weighted by Gasteiger charge is 2.18. The summed E-state index contributed by atoms with van der Waals surface area (Å²) in [6, 6.07) is 6.89. The lowest BCUT2D eigenvalue weighted by Gasteiger charge is -2.16. The molecule has 94 valence electrons. The van der Waals surface area contributed by atoms with E-state index < -0.39 is 18.2 Å². The predicted molar refractivity (Wildman–Crippen MR) is 60.8 cm³/mol. The van der Waals surface area contributed by atoms with Gasteiger partial charge in [-0.15, -0.1) is 0 Å². The van der Waals surface area contributed by atoms with Gasteiger partial charge in [0.15, 0.2) is 6.29 Å². The van der Waals surface area contributed by atoms with Crippen molar-refractivity contribution in [3.05, 3.63) is 29.8 Å². The fourth-order valence-corrected chi connectivity index (χ4v) is 1.68.